The minimum atomic E-state index is -0.802. The van der Waals surface area contributed by atoms with E-state index in [9.17, 15) is 10.1 Å². The monoisotopic (exact) mass is 372 g/mol. The van der Waals surface area contributed by atoms with Gasteiger partial charge in [0, 0.05) is 0 Å². The molecule has 8 nitrogen and oxygen atoms in total. The lowest BCUT2D eigenvalue weighted by molar-refractivity contribution is -0.119. The fourth-order valence-corrected chi connectivity index (χ4v) is 3.41. The first kappa shape index (κ1) is 18.2. The van der Waals surface area contributed by atoms with Crippen molar-refractivity contribution in [1.82, 2.24) is 25.5 Å². The van der Waals surface area contributed by atoms with Crippen LogP contribution in [0.15, 0.2) is 23.4 Å². The minimum Gasteiger partial charge on any atom is -0.494 e. The van der Waals surface area contributed by atoms with Gasteiger partial charge in [0.2, 0.25) is 11.1 Å². The van der Waals surface area contributed by atoms with Crippen LogP contribution in [0.1, 0.15) is 25.3 Å². The molecule has 1 aliphatic carbocycles. The highest BCUT2D eigenvalue weighted by molar-refractivity contribution is 7.99. The van der Waals surface area contributed by atoms with Gasteiger partial charge in [0.25, 0.3) is 0 Å². The van der Waals surface area contributed by atoms with E-state index in [-0.39, 0.29) is 17.6 Å². The van der Waals surface area contributed by atoms with Crippen molar-refractivity contribution < 1.29 is 9.53 Å². The molecule has 1 aliphatic rings. The normalized spacial score (nSPS) is 15.8. The van der Waals surface area contributed by atoms with E-state index in [0.717, 1.165) is 18.4 Å². The molecule has 0 spiro atoms. The maximum atomic E-state index is 12.3. The zero-order chi connectivity index (χ0) is 18.7. The van der Waals surface area contributed by atoms with Crippen molar-refractivity contribution in [3.05, 3.63) is 23.8 Å². The van der Waals surface area contributed by atoms with Crippen LogP contribution < -0.4 is 10.1 Å². The van der Waals surface area contributed by atoms with Crippen LogP contribution in [-0.4, -0.2) is 44.5 Å². The third-order valence-electron chi connectivity index (χ3n) is 4.36. The number of hydrogen-bond acceptors (Lipinski definition) is 7. The van der Waals surface area contributed by atoms with E-state index in [0.29, 0.717) is 16.6 Å². The molecule has 1 aromatic heterocycles. The van der Waals surface area contributed by atoms with Crippen molar-refractivity contribution in [1.29, 1.82) is 5.26 Å². The number of carbonyl (C=O) groups is 1. The third kappa shape index (κ3) is 3.80. The number of methoxy groups -OCH3 is 1. The van der Waals surface area contributed by atoms with Gasteiger partial charge in [-0.3, -0.25) is 4.79 Å². The molecule has 0 saturated heterocycles. The fourth-order valence-electron chi connectivity index (χ4n) is 2.72. The summed E-state index contributed by atoms with van der Waals surface area (Å²) in [5, 5.41) is 24.4. The second-order valence-electron chi connectivity index (χ2n) is 6.47. The van der Waals surface area contributed by atoms with E-state index in [1.165, 1.54) is 11.8 Å². The summed E-state index contributed by atoms with van der Waals surface area (Å²) in [5.41, 5.74) is 0.947. The topological polar surface area (TPSA) is 106 Å². The Kier molecular flexibility index (Phi) is 5.13. The van der Waals surface area contributed by atoms with Gasteiger partial charge in [0.1, 0.15) is 17.0 Å². The summed E-state index contributed by atoms with van der Waals surface area (Å²) in [4.78, 5) is 12.3. The number of aryl methyl sites for hydroxylation is 1. The zero-order valence-corrected chi connectivity index (χ0v) is 15.7. The van der Waals surface area contributed by atoms with Gasteiger partial charge in [-0.1, -0.05) is 17.8 Å². The summed E-state index contributed by atoms with van der Waals surface area (Å²) in [7, 11) is 1.58. The van der Waals surface area contributed by atoms with Crippen LogP contribution >= 0.6 is 11.8 Å². The van der Waals surface area contributed by atoms with E-state index < -0.39 is 5.54 Å². The van der Waals surface area contributed by atoms with Crippen LogP contribution in [0.2, 0.25) is 0 Å². The lowest BCUT2D eigenvalue weighted by Gasteiger charge is -2.22. The zero-order valence-electron chi connectivity index (χ0n) is 14.9. The third-order valence-corrected chi connectivity index (χ3v) is 5.28. The molecular formula is C17H20N6O2S. The molecule has 136 valence electrons. The van der Waals surface area contributed by atoms with Gasteiger partial charge >= 0.3 is 0 Å². The Morgan fingerprint density at radius 1 is 1.54 bits per heavy atom. The Morgan fingerprint density at radius 3 is 2.96 bits per heavy atom. The van der Waals surface area contributed by atoms with Crippen LogP contribution in [0.3, 0.4) is 0 Å². The molecule has 1 aromatic carbocycles. The largest absolute Gasteiger partial charge is 0.494 e. The molecule has 1 fully saturated rings. The van der Waals surface area contributed by atoms with Gasteiger partial charge in [-0.15, -0.1) is 5.10 Å². The number of tetrazole rings is 1. The van der Waals surface area contributed by atoms with Gasteiger partial charge in [-0.05, 0) is 60.7 Å². The second-order valence-corrected chi connectivity index (χ2v) is 7.42. The molecule has 0 radical (unpaired) electrons. The predicted octanol–water partition coefficient (Wildman–Crippen LogP) is 1.88. The first-order chi connectivity index (χ1) is 12.5. The SMILES string of the molecule is COc1ccc(C)cc1-n1nnnc1SCC(=O)N[C@@](C)(C#N)C1CC1. The number of benzene rings is 1. The average molecular weight is 372 g/mol. The predicted molar refractivity (Wildman–Crippen MR) is 96.1 cm³/mol. The molecule has 1 amide bonds. The average Bonchev–Trinajstić information content (AvgIpc) is 3.39. The highest BCUT2D eigenvalue weighted by Crippen LogP contribution is 2.39. The molecule has 9 heteroatoms. The first-order valence-corrected chi connectivity index (χ1v) is 9.24. The molecule has 1 heterocycles. The fraction of sp³-hybridized carbons (Fsp3) is 0.471. The molecule has 1 saturated carbocycles. The maximum absolute atomic E-state index is 12.3. The van der Waals surface area contributed by atoms with Crippen molar-refractivity contribution in [2.24, 2.45) is 5.92 Å². The summed E-state index contributed by atoms with van der Waals surface area (Å²) in [6.45, 7) is 3.74. The minimum absolute atomic E-state index is 0.124. The lowest BCUT2D eigenvalue weighted by atomic mass is 9.98. The van der Waals surface area contributed by atoms with Gasteiger partial charge in [0.15, 0.2) is 0 Å². The molecule has 1 N–H and O–H groups in total. The molecular weight excluding hydrogens is 352 g/mol. The smallest absolute Gasteiger partial charge is 0.231 e. The summed E-state index contributed by atoms with van der Waals surface area (Å²) in [6.07, 6.45) is 1.95. The van der Waals surface area contributed by atoms with Gasteiger partial charge in [-0.2, -0.15) is 9.94 Å². The van der Waals surface area contributed by atoms with Crippen molar-refractivity contribution in [2.75, 3.05) is 12.9 Å². The number of thioether (sulfide) groups is 1. The van der Waals surface area contributed by atoms with Crippen molar-refractivity contribution >= 4 is 17.7 Å². The maximum Gasteiger partial charge on any atom is 0.231 e. The number of ether oxygens (including phenoxy) is 1. The Hall–Kier alpha value is -2.60. The van der Waals surface area contributed by atoms with E-state index in [1.54, 1.807) is 18.7 Å². The van der Waals surface area contributed by atoms with Gasteiger partial charge < -0.3 is 10.1 Å². The van der Waals surface area contributed by atoms with E-state index >= 15 is 0 Å². The number of nitrogens with one attached hydrogen (secondary N) is 1. The lowest BCUT2D eigenvalue weighted by Crippen LogP contribution is -2.47. The molecule has 0 aliphatic heterocycles. The number of hydrogen-bond donors (Lipinski definition) is 1. The van der Waals surface area contributed by atoms with E-state index in [1.807, 2.05) is 25.1 Å². The summed E-state index contributed by atoms with van der Waals surface area (Å²) in [6, 6.07) is 7.92. The van der Waals surface area contributed by atoms with Gasteiger partial charge in [0.05, 0.1) is 18.9 Å². The Morgan fingerprint density at radius 2 is 2.31 bits per heavy atom. The summed E-state index contributed by atoms with van der Waals surface area (Å²) in [5.74, 6) is 0.790. The van der Waals surface area contributed by atoms with E-state index in [2.05, 4.69) is 26.9 Å². The molecule has 0 bridgehead atoms. The Balaban J connectivity index is 1.71. The van der Waals surface area contributed by atoms with Crippen LogP contribution in [0.4, 0.5) is 0 Å². The number of aromatic nitrogens is 4. The highest BCUT2D eigenvalue weighted by atomic mass is 32.2. The molecule has 3 rings (SSSR count). The number of carbonyl (C=O) groups excluding carboxylic acids is 1. The van der Waals surface area contributed by atoms with Gasteiger partial charge in [-0.25, -0.2) is 0 Å². The number of amides is 1. The summed E-state index contributed by atoms with van der Waals surface area (Å²) >= 11 is 1.21. The standard InChI is InChI=1S/C17H20N6O2S/c1-11-4-7-14(25-3)13(8-11)23-16(20-21-22-23)26-9-15(24)19-17(2,10-18)12-5-6-12/h4,7-8,12H,5-6,9H2,1-3H3,(H,19,24)/t17-/m0/s1. The molecule has 26 heavy (non-hydrogen) atoms. The van der Waals surface area contributed by atoms with E-state index in [4.69, 9.17) is 4.74 Å². The quantitative estimate of drug-likeness (QED) is 0.740. The molecule has 1 atom stereocenters. The second kappa shape index (κ2) is 7.33. The van der Waals surface area contributed by atoms with Crippen molar-refractivity contribution in [3.8, 4) is 17.5 Å². The number of nitriles is 1. The Bertz CT molecular complexity index is 857. The van der Waals surface area contributed by atoms with Crippen LogP contribution in [0, 0.1) is 24.2 Å². The first-order valence-electron chi connectivity index (χ1n) is 8.25. The van der Waals surface area contributed by atoms with Crippen LogP contribution in [0.25, 0.3) is 5.69 Å². The Labute approximate surface area is 155 Å². The van der Waals surface area contributed by atoms with Crippen molar-refractivity contribution in [3.63, 3.8) is 0 Å². The molecule has 2 aromatic rings. The number of nitrogens with zero attached hydrogens (tertiary/aromatic N) is 5. The summed E-state index contributed by atoms with van der Waals surface area (Å²) < 4.78 is 6.93. The van der Waals surface area contributed by atoms with Crippen LogP contribution in [0.5, 0.6) is 5.75 Å². The number of rotatable bonds is 7. The van der Waals surface area contributed by atoms with Crippen LogP contribution in [-0.2, 0) is 4.79 Å². The molecule has 0 unspecified atom stereocenters. The highest BCUT2D eigenvalue weighted by Gasteiger charge is 2.42. The van der Waals surface area contributed by atoms with Crippen molar-refractivity contribution in [2.45, 2.75) is 37.4 Å².